The summed E-state index contributed by atoms with van der Waals surface area (Å²) in [6.07, 6.45) is 1.41. The molecule has 2 heterocycles. The van der Waals surface area contributed by atoms with Crippen molar-refractivity contribution in [3.8, 4) is 0 Å². The Hall–Kier alpha value is -3.35. The second kappa shape index (κ2) is 6.04. The van der Waals surface area contributed by atoms with Crippen LogP contribution in [0.4, 0.5) is 6.01 Å². The van der Waals surface area contributed by atoms with Gasteiger partial charge in [-0.15, -0.1) is 5.10 Å². The molecule has 0 saturated carbocycles. The van der Waals surface area contributed by atoms with Gasteiger partial charge in [-0.3, -0.25) is 10.1 Å². The normalized spacial score (nSPS) is 13.8. The molecule has 120 valence electrons. The van der Waals surface area contributed by atoms with E-state index in [4.69, 9.17) is 13.9 Å². The highest BCUT2D eigenvalue weighted by atomic mass is 16.6. The van der Waals surface area contributed by atoms with Crippen LogP contribution in [0.1, 0.15) is 16.2 Å². The van der Waals surface area contributed by atoms with Gasteiger partial charge in [0.25, 0.3) is 11.8 Å². The third-order valence-corrected chi connectivity index (χ3v) is 3.52. The molecular weight excluding hydrogens is 310 g/mol. The predicted octanol–water partition coefficient (Wildman–Crippen LogP) is 2.82. The summed E-state index contributed by atoms with van der Waals surface area (Å²) in [6, 6.07) is 13.3. The summed E-state index contributed by atoms with van der Waals surface area (Å²) in [5.41, 5.74) is 0.505. The monoisotopic (exact) mass is 323 g/mol. The first kappa shape index (κ1) is 14.3. The average Bonchev–Trinajstić information content (AvgIpc) is 3.10. The second-order valence-corrected chi connectivity index (χ2v) is 5.13. The van der Waals surface area contributed by atoms with E-state index < -0.39 is 0 Å². The molecule has 7 heteroatoms. The van der Waals surface area contributed by atoms with Gasteiger partial charge in [-0.25, -0.2) is 0 Å². The third kappa shape index (κ3) is 2.79. The molecule has 0 unspecified atom stereocenters. The van der Waals surface area contributed by atoms with Crippen LogP contribution >= 0.6 is 0 Å². The lowest BCUT2D eigenvalue weighted by atomic mass is 10.1. The van der Waals surface area contributed by atoms with Crippen molar-refractivity contribution in [2.75, 3.05) is 18.5 Å². The number of aromatic nitrogens is 2. The summed E-state index contributed by atoms with van der Waals surface area (Å²) in [7, 11) is 0. The first-order valence-corrected chi connectivity index (χ1v) is 7.38. The average molecular weight is 323 g/mol. The Morgan fingerprint density at radius 3 is 2.75 bits per heavy atom. The predicted molar refractivity (Wildman–Crippen MR) is 86.1 cm³/mol. The lowest BCUT2D eigenvalue weighted by molar-refractivity contribution is 0.102. The van der Waals surface area contributed by atoms with Gasteiger partial charge in [-0.1, -0.05) is 35.4 Å². The van der Waals surface area contributed by atoms with Crippen molar-refractivity contribution >= 4 is 28.5 Å². The number of nitrogens with zero attached hydrogens (tertiary/aromatic N) is 2. The maximum atomic E-state index is 12.3. The Morgan fingerprint density at radius 1 is 1.04 bits per heavy atom. The van der Waals surface area contributed by atoms with Crippen LogP contribution in [0.25, 0.3) is 16.5 Å². The van der Waals surface area contributed by atoms with Gasteiger partial charge >= 0.3 is 6.01 Å². The Balaban J connectivity index is 1.53. The maximum absolute atomic E-state index is 12.3. The van der Waals surface area contributed by atoms with E-state index >= 15 is 0 Å². The van der Waals surface area contributed by atoms with E-state index in [0.717, 1.165) is 10.8 Å². The van der Waals surface area contributed by atoms with Crippen molar-refractivity contribution in [2.45, 2.75) is 0 Å². The van der Waals surface area contributed by atoms with Crippen molar-refractivity contribution in [2.24, 2.45) is 0 Å². The minimum absolute atomic E-state index is 0.00164. The Kier molecular flexibility index (Phi) is 3.59. The van der Waals surface area contributed by atoms with Crippen LogP contribution in [-0.2, 0) is 9.47 Å². The summed E-state index contributed by atoms with van der Waals surface area (Å²) < 4.78 is 15.9. The molecule has 1 aromatic heterocycles. The summed E-state index contributed by atoms with van der Waals surface area (Å²) >= 11 is 0. The molecule has 1 aliphatic heterocycles. The zero-order valence-electron chi connectivity index (χ0n) is 12.6. The number of benzene rings is 2. The number of amides is 1. The highest BCUT2D eigenvalue weighted by Crippen LogP contribution is 2.20. The number of anilines is 1. The number of hydrogen-bond acceptors (Lipinski definition) is 6. The molecule has 0 atom stereocenters. The highest BCUT2D eigenvalue weighted by Gasteiger charge is 2.17. The van der Waals surface area contributed by atoms with Crippen LogP contribution in [0.5, 0.6) is 0 Å². The van der Waals surface area contributed by atoms with E-state index in [-0.39, 0.29) is 17.8 Å². The summed E-state index contributed by atoms with van der Waals surface area (Å²) in [6.45, 7) is 0.885. The molecule has 2 aromatic carbocycles. The van der Waals surface area contributed by atoms with Gasteiger partial charge in [0.05, 0.1) is 0 Å². The number of ether oxygens (including phenoxy) is 2. The van der Waals surface area contributed by atoms with E-state index in [9.17, 15) is 4.79 Å². The Labute approximate surface area is 136 Å². The first-order valence-electron chi connectivity index (χ1n) is 7.38. The van der Waals surface area contributed by atoms with E-state index in [1.165, 1.54) is 6.26 Å². The molecule has 1 N–H and O–H groups in total. The van der Waals surface area contributed by atoms with Gasteiger partial charge in [0.1, 0.15) is 19.5 Å². The van der Waals surface area contributed by atoms with Gasteiger partial charge in [0.2, 0.25) is 5.76 Å². The molecular formula is C17H13N3O4. The number of hydrogen-bond donors (Lipinski definition) is 1. The quantitative estimate of drug-likeness (QED) is 0.797. The standard InChI is InChI=1S/C17H13N3O4/c21-15(13-6-5-11-3-1-2-4-12(11)9-13)18-17-20-19-16(24-17)14-10-22-7-8-23-14/h1-6,9-10H,7-8H2,(H,18,20,21). The number of fused-ring (bicyclic) bond motifs is 1. The van der Waals surface area contributed by atoms with Gasteiger partial charge in [0, 0.05) is 5.56 Å². The third-order valence-electron chi connectivity index (χ3n) is 3.52. The smallest absolute Gasteiger partial charge is 0.322 e. The van der Waals surface area contributed by atoms with Crippen LogP contribution in [0.15, 0.2) is 53.1 Å². The van der Waals surface area contributed by atoms with Crippen molar-refractivity contribution in [1.82, 2.24) is 10.2 Å². The minimum Gasteiger partial charge on any atom is -0.494 e. The SMILES string of the molecule is O=C(Nc1nnc(C2=COCCO2)o1)c1ccc2ccccc2c1. The van der Waals surface area contributed by atoms with Crippen molar-refractivity contribution in [3.63, 3.8) is 0 Å². The van der Waals surface area contributed by atoms with Crippen LogP contribution in [0, 0.1) is 0 Å². The molecule has 24 heavy (non-hydrogen) atoms. The number of carbonyl (C=O) groups excluding carboxylic acids is 1. The Bertz CT molecular complexity index is 932. The summed E-state index contributed by atoms with van der Waals surface area (Å²) in [5.74, 6) is 0.175. The van der Waals surface area contributed by atoms with Crippen molar-refractivity contribution in [1.29, 1.82) is 0 Å². The van der Waals surface area contributed by atoms with Gasteiger partial charge < -0.3 is 13.9 Å². The summed E-state index contributed by atoms with van der Waals surface area (Å²) in [4.78, 5) is 12.3. The molecule has 1 amide bonds. The molecule has 0 aliphatic carbocycles. The van der Waals surface area contributed by atoms with E-state index in [1.54, 1.807) is 6.07 Å². The fraction of sp³-hybridized carbons (Fsp3) is 0.118. The summed E-state index contributed by atoms with van der Waals surface area (Å²) in [5, 5.41) is 12.3. The Morgan fingerprint density at radius 2 is 1.92 bits per heavy atom. The topological polar surface area (TPSA) is 86.5 Å². The van der Waals surface area contributed by atoms with Crippen LogP contribution in [-0.4, -0.2) is 29.3 Å². The van der Waals surface area contributed by atoms with E-state index in [2.05, 4.69) is 15.5 Å². The first-order chi connectivity index (χ1) is 11.8. The molecule has 7 nitrogen and oxygen atoms in total. The van der Waals surface area contributed by atoms with Gasteiger partial charge in [-0.2, -0.15) is 0 Å². The molecule has 0 spiro atoms. The van der Waals surface area contributed by atoms with Crippen LogP contribution in [0.2, 0.25) is 0 Å². The van der Waals surface area contributed by atoms with Gasteiger partial charge in [-0.05, 0) is 22.9 Å². The van der Waals surface area contributed by atoms with Gasteiger partial charge in [0.15, 0.2) is 0 Å². The number of carbonyl (C=O) groups is 1. The fourth-order valence-corrected chi connectivity index (χ4v) is 2.35. The highest BCUT2D eigenvalue weighted by molar-refractivity contribution is 6.05. The van der Waals surface area contributed by atoms with Crippen LogP contribution in [0.3, 0.4) is 0 Å². The second-order valence-electron chi connectivity index (χ2n) is 5.13. The van der Waals surface area contributed by atoms with Crippen LogP contribution < -0.4 is 5.32 Å². The lowest BCUT2D eigenvalue weighted by Crippen LogP contribution is -2.12. The number of rotatable bonds is 3. The molecule has 0 radical (unpaired) electrons. The van der Waals surface area contributed by atoms with E-state index in [1.807, 2.05) is 36.4 Å². The molecule has 3 aromatic rings. The number of nitrogens with one attached hydrogen (secondary N) is 1. The zero-order chi connectivity index (χ0) is 16.4. The maximum Gasteiger partial charge on any atom is 0.322 e. The van der Waals surface area contributed by atoms with Crippen molar-refractivity contribution < 1.29 is 18.7 Å². The molecule has 0 saturated heterocycles. The largest absolute Gasteiger partial charge is 0.494 e. The minimum atomic E-state index is -0.328. The van der Waals surface area contributed by atoms with E-state index in [0.29, 0.717) is 24.5 Å². The molecule has 4 rings (SSSR count). The molecule has 0 bridgehead atoms. The fourth-order valence-electron chi connectivity index (χ4n) is 2.35. The molecule has 0 fully saturated rings. The molecule has 1 aliphatic rings. The van der Waals surface area contributed by atoms with Crippen molar-refractivity contribution in [3.05, 3.63) is 60.2 Å². The zero-order valence-corrected chi connectivity index (χ0v) is 12.6. The lowest BCUT2D eigenvalue weighted by Gasteiger charge is -2.11.